The van der Waals surface area contributed by atoms with Crippen LogP contribution in [0.1, 0.15) is 36.4 Å². The van der Waals surface area contributed by atoms with Crippen LogP contribution in [0.25, 0.3) is 5.69 Å². The van der Waals surface area contributed by atoms with Crippen molar-refractivity contribution in [1.29, 1.82) is 0 Å². The van der Waals surface area contributed by atoms with Crippen LogP contribution in [0, 0.1) is 6.92 Å². The Morgan fingerprint density at radius 3 is 2.56 bits per heavy atom. The van der Waals surface area contributed by atoms with E-state index in [1.165, 1.54) is 22.5 Å². The van der Waals surface area contributed by atoms with Gasteiger partial charge in [0.05, 0.1) is 11.4 Å². The van der Waals surface area contributed by atoms with E-state index in [2.05, 4.69) is 65.6 Å². The zero-order valence-corrected chi connectivity index (χ0v) is 12.8. The molecule has 0 spiro atoms. The van der Waals surface area contributed by atoms with E-state index in [1.54, 1.807) is 0 Å². The molecular formula is C15H19BrN2. The van der Waals surface area contributed by atoms with E-state index >= 15 is 0 Å². The third-order valence-corrected chi connectivity index (χ3v) is 3.77. The summed E-state index contributed by atoms with van der Waals surface area (Å²) in [7, 11) is 0. The van der Waals surface area contributed by atoms with E-state index in [-0.39, 0.29) is 0 Å². The van der Waals surface area contributed by atoms with Crippen LogP contribution in [0.2, 0.25) is 0 Å². The first-order valence-electron chi connectivity index (χ1n) is 6.43. The summed E-state index contributed by atoms with van der Waals surface area (Å²) in [5, 5.41) is 5.56. The molecule has 0 bridgehead atoms. The van der Waals surface area contributed by atoms with Crippen molar-refractivity contribution in [2.75, 3.05) is 0 Å². The molecule has 1 aromatic carbocycles. The van der Waals surface area contributed by atoms with Crippen LogP contribution in [0.3, 0.4) is 0 Å². The summed E-state index contributed by atoms with van der Waals surface area (Å²) in [6.07, 6.45) is 1.98. The number of aromatic nitrogens is 2. The molecule has 0 saturated heterocycles. The Morgan fingerprint density at radius 1 is 1.17 bits per heavy atom. The maximum atomic E-state index is 4.70. The molecule has 0 N–H and O–H groups in total. The molecule has 0 aliphatic heterocycles. The molecular weight excluding hydrogens is 288 g/mol. The average Bonchev–Trinajstić information content (AvgIpc) is 2.81. The summed E-state index contributed by atoms with van der Waals surface area (Å²) in [6.45, 7) is 6.44. The highest BCUT2D eigenvalue weighted by Crippen LogP contribution is 2.21. The van der Waals surface area contributed by atoms with E-state index < -0.39 is 0 Å². The minimum atomic E-state index is 0.856. The third-order valence-electron chi connectivity index (χ3n) is 3.17. The first-order valence-corrected chi connectivity index (χ1v) is 7.55. The topological polar surface area (TPSA) is 17.8 Å². The predicted octanol–water partition coefficient (Wildman–Crippen LogP) is 4.20. The largest absolute Gasteiger partial charge is 0.237 e. The molecule has 1 heterocycles. The Morgan fingerprint density at radius 2 is 1.94 bits per heavy atom. The smallest absolute Gasteiger partial charge is 0.0689 e. The maximum Gasteiger partial charge on any atom is 0.0689 e. The van der Waals surface area contributed by atoms with E-state index in [9.17, 15) is 0 Å². The van der Waals surface area contributed by atoms with Crippen LogP contribution in [-0.2, 0) is 18.2 Å². The van der Waals surface area contributed by atoms with Crippen molar-refractivity contribution in [3.63, 3.8) is 0 Å². The first kappa shape index (κ1) is 13.3. The van der Waals surface area contributed by atoms with Crippen LogP contribution in [0.4, 0.5) is 0 Å². The van der Waals surface area contributed by atoms with Crippen molar-refractivity contribution in [2.45, 2.75) is 38.9 Å². The summed E-state index contributed by atoms with van der Waals surface area (Å²) in [4.78, 5) is 0. The van der Waals surface area contributed by atoms with Gasteiger partial charge in [-0.3, -0.25) is 0 Å². The van der Waals surface area contributed by atoms with Gasteiger partial charge in [-0.05, 0) is 37.5 Å². The molecule has 0 aliphatic carbocycles. The fourth-order valence-electron chi connectivity index (χ4n) is 2.14. The Bertz CT molecular complexity index is 543. The monoisotopic (exact) mass is 306 g/mol. The molecule has 3 heteroatoms. The number of aryl methyl sites for hydroxylation is 3. The first-order chi connectivity index (χ1) is 8.69. The van der Waals surface area contributed by atoms with E-state index in [4.69, 9.17) is 5.10 Å². The van der Waals surface area contributed by atoms with Crippen molar-refractivity contribution >= 4 is 15.9 Å². The second kappa shape index (κ2) is 5.70. The lowest BCUT2D eigenvalue weighted by Gasteiger charge is -2.11. The van der Waals surface area contributed by atoms with Gasteiger partial charge >= 0.3 is 0 Å². The molecule has 2 rings (SSSR count). The van der Waals surface area contributed by atoms with Crippen molar-refractivity contribution in [3.8, 4) is 5.69 Å². The van der Waals surface area contributed by atoms with Crippen LogP contribution in [0.5, 0.6) is 0 Å². The van der Waals surface area contributed by atoms with Crippen LogP contribution >= 0.6 is 15.9 Å². The third kappa shape index (κ3) is 2.51. The standard InChI is InChI=1S/C15H19BrN2/c1-4-13-9-14(5-2)18(17-13)15-7-6-11(3)8-12(15)10-16/h6-9H,4-5,10H2,1-3H3. The van der Waals surface area contributed by atoms with Crippen molar-refractivity contribution in [3.05, 3.63) is 46.8 Å². The Hall–Kier alpha value is -1.09. The zero-order valence-electron chi connectivity index (χ0n) is 11.2. The van der Waals surface area contributed by atoms with Gasteiger partial charge in [0.1, 0.15) is 0 Å². The molecule has 0 fully saturated rings. The van der Waals surface area contributed by atoms with Gasteiger partial charge in [0.25, 0.3) is 0 Å². The van der Waals surface area contributed by atoms with Crippen LogP contribution < -0.4 is 0 Å². The number of benzene rings is 1. The molecule has 0 aliphatic rings. The molecule has 96 valence electrons. The number of halogens is 1. The molecule has 2 nitrogen and oxygen atoms in total. The van der Waals surface area contributed by atoms with Crippen molar-refractivity contribution < 1.29 is 0 Å². The van der Waals surface area contributed by atoms with E-state index in [1.807, 2.05) is 0 Å². The number of rotatable bonds is 4. The molecule has 0 radical (unpaired) electrons. The second-order valence-corrected chi connectivity index (χ2v) is 5.07. The number of hydrogen-bond acceptors (Lipinski definition) is 1. The molecule has 0 saturated carbocycles. The summed E-state index contributed by atoms with van der Waals surface area (Å²) in [5.41, 5.74) is 6.20. The molecule has 0 unspecified atom stereocenters. The van der Waals surface area contributed by atoms with E-state index in [0.717, 1.165) is 23.9 Å². The van der Waals surface area contributed by atoms with Crippen molar-refractivity contribution in [2.24, 2.45) is 0 Å². The summed E-state index contributed by atoms with van der Waals surface area (Å²) < 4.78 is 2.09. The maximum absolute atomic E-state index is 4.70. The van der Waals surface area contributed by atoms with Crippen molar-refractivity contribution in [1.82, 2.24) is 9.78 Å². The molecule has 0 amide bonds. The minimum Gasteiger partial charge on any atom is -0.237 e. The lowest BCUT2D eigenvalue weighted by atomic mass is 10.1. The Kier molecular flexibility index (Phi) is 4.23. The van der Waals surface area contributed by atoms with Gasteiger partial charge in [0, 0.05) is 11.0 Å². The normalized spacial score (nSPS) is 10.9. The lowest BCUT2D eigenvalue weighted by Crippen LogP contribution is -2.04. The van der Waals surface area contributed by atoms with Gasteiger partial charge in [-0.15, -0.1) is 0 Å². The number of alkyl halides is 1. The number of hydrogen-bond donors (Lipinski definition) is 0. The van der Waals surface area contributed by atoms with Gasteiger partial charge < -0.3 is 0 Å². The Labute approximate surface area is 117 Å². The van der Waals surface area contributed by atoms with Gasteiger partial charge in [0.15, 0.2) is 0 Å². The molecule has 0 atom stereocenters. The van der Waals surface area contributed by atoms with Gasteiger partial charge in [-0.25, -0.2) is 4.68 Å². The van der Waals surface area contributed by atoms with Gasteiger partial charge in [-0.1, -0.05) is 47.5 Å². The van der Waals surface area contributed by atoms with Gasteiger partial charge in [-0.2, -0.15) is 5.10 Å². The minimum absolute atomic E-state index is 0.856. The summed E-state index contributed by atoms with van der Waals surface area (Å²) >= 11 is 3.57. The Balaban J connectivity index is 2.56. The highest BCUT2D eigenvalue weighted by atomic mass is 79.9. The summed E-state index contributed by atoms with van der Waals surface area (Å²) in [6, 6.07) is 8.74. The highest BCUT2D eigenvalue weighted by molar-refractivity contribution is 9.08. The van der Waals surface area contributed by atoms with Gasteiger partial charge in [0.2, 0.25) is 0 Å². The number of nitrogens with zero attached hydrogens (tertiary/aromatic N) is 2. The van der Waals surface area contributed by atoms with E-state index in [0.29, 0.717) is 0 Å². The quantitative estimate of drug-likeness (QED) is 0.774. The lowest BCUT2D eigenvalue weighted by molar-refractivity contribution is 0.788. The predicted molar refractivity (Wildman–Crippen MR) is 79.7 cm³/mol. The molecule has 2 aromatic rings. The van der Waals surface area contributed by atoms with Crippen LogP contribution in [-0.4, -0.2) is 9.78 Å². The molecule has 1 aromatic heterocycles. The fraction of sp³-hybridized carbons (Fsp3) is 0.400. The zero-order chi connectivity index (χ0) is 13.1. The average molecular weight is 307 g/mol. The SMILES string of the molecule is CCc1cc(CC)n(-c2ccc(C)cc2CBr)n1. The fourth-order valence-corrected chi connectivity index (χ4v) is 2.59. The second-order valence-electron chi connectivity index (χ2n) is 4.51. The summed E-state index contributed by atoms with van der Waals surface area (Å²) in [5.74, 6) is 0. The highest BCUT2D eigenvalue weighted by Gasteiger charge is 2.10. The molecule has 18 heavy (non-hydrogen) atoms. The van der Waals surface area contributed by atoms with Crippen LogP contribution in [0.15, 0.2) is 24.3 Å².